The molecule has 1 N–H and O–H groups in total. The maximum Gasteiger partial charge on any atom is 0.242 e. The van der Waals surface area contributed by atoms with Crippen molar-refractivity contribution in [1.29, 1.82) is 0 Å². The van der Waals surface area contributed by atoms with Crippen molar-refractivity contribution in [1.82, 2.24) is 15.1 Å². The number of nitrogens with one attached hydrogen (secondary N) is 1. The van der Waals surface area contributed by atoms with Crippen molar-refractivity contribution < 1.29 is 9.59 Å². The zero-order valence-electron chi connectivity index (χ0n) is 12.1. The zero-order chi connectivity index (χ0) is 13.9. The van der Waals surface area contributed by atoms with Gasteiger partial charge in [0, 0.05) is 25.7 Å². The summed E-state index contributed by atoms with van der Waals surface area (Å²) in [6.45, 7) is 3.73. The summed E-state index contributed by atoms with van der Waals surface area (Å²) in [6.07, 6.45) is 6.70. The molecule has 3 fully saturated rings. The van der Waals surface area contributed by atoms with Crippen LogP contribution >= 0.6 is 0 Å². The molecule has 20 heavy (non-hydrogen) atoms. The smallest absolute Gasteiger partial charge is 0.242 e. The van der Waals surface area contributed by atoms with Crippen LogP contribution in [0.4, 0.5) is 0 Å². The van der Waals surface area contributed by atoms with E-state index < -0.39 is 0 Å². The van der Waals surface area contributed by atoms with Crippen molar-refractivity contribution in [3.63, 3.8) is 0 Å². The SMILES string of the molecule is O=C(CN1CC2NCCCC2C1=O)N1CCCCCC1. The van der Waals surface area contributed by atoms with E-state index >= 15 is 0 Å². The van der Waals surface area contributed by atoms with Crippen molar-refractivity contribution in [2.75, 3.05) is 32.7 Å². The number of amides is 2. The molecule has 112 valence electrons. The Morgan fingerprint density at radius 1 is 1.15 bits per heavy atom. The van der Waals surface area contributed by atoms with E-state index in [-0.39, 0.29) is 30.3 Å². The van der Waals surface area contributed by atoms with E-state index in [9.17, 15) is 9.59 Å². The lowest BCUT2D eigenvalue weighted by Gasteiger charge is -2.24. The molecule has 3 aliphatic rings. The van der Waals surface area contributed by atoms with Crippen LogP contribution in [0.3, 0.4) is 0 Å². The molecule has 0 aromatic heterocycles. The first-order chi connectivity index (χ1) is 9.75. The van der Waals surface area contributed by atoms with Crippen molar-refractivity contribution in [3.8, 4) is 0 Å². The number of rotatable bonds is 2. The number of hydrogen-bond donors (Lipinski definition) is 1. The van der Waals surface area contributed by atoms with Crippen LogP contribution in [0, 0.1) is 5.92 Å². The van der Waals surface area contributed by atoms with Crippen LogP contribution in [0.25, 0.3) is 0 Å². The number of piperidine rings is 1. The number of carbonyl (C=O) groups excluding carboxylic acids is 2. The molecule has 3 rings (SSSR count). The Hall–Kier alpha value is -1.10. The van der Waals surface area contributed by atoms with Gasteiger partial charge < -0.3 is 15.1 Å². The molecule has 0 aromatic carbocycles. The molecule has 2 atom stereocenters. The van der Waals surface area contributed by atoms with Gasteiger partial charge in [-0.25, -0.2) is 0 Å². The fourth-order valence-electron chi connectivity index (χ4n) is 3.73. The third kappa shape index (κ3) is 2.82. The molecule has 2 amide bonds. The van der Waals surface area contributed by atoms with Crippen LogP contribution < -0.4 is 5.32 Å². The van der Waals surface area contributed by atoms with Gasteiger partial charge in [-0.1, -0.05) is 12.8 Å². The average molecular weight is 279 g/mol. The highest BCUT2D eigenvalue weighted by molar-refractivity contribution is 5.88. The molecular formula is C15H25N3O2. The Morgan fingerprint density at radius 2 is 1.90 bits per heavy atom. The average Bonchev–Trinajstić information content (AvgIpc) is 2.67. The van der Waals surface area contributed by atoms with Gasteiger partial charge in [0.2, 0.25) is 11.8 Å². The van der Waals surface area contributed by atoms with Gasteiger partial charge in [0.1, 0.15) is 0 Å². The van der Waals surface area contributed by atoms with Gasteiger partial charge in [-0.15, -0.1) is 0 Å². The van der Waals surface area contributed by atoms with Crippen molar-refractivity contribution in [3.05, 3.63) is 0 Å². The highest BCUT2D eigenvalue weighted by Gasteiger charge is 2.42. The Kier molecular flexibility index (Phi) is 4.24. The summed E-state index contributed by atoms with van der Waals surface area (Å²) in [5, 5.41) is 3.42. The van der Waals surface area contributed by atoms with Crippen LogP contribution in [0.2, 0.25) is 0 Å². The monoisotopic (exact) mass is 279 g/mol. The summed E-state index contributed by atoms with van der Waals surface area (Å²) in [7, 11) is 0. The molecule has 0 bridgehead atoms. The third-order valence-electron chi connectivity index (χ3n) is 4.91. The van der Waals surface area contributed by atoms with Crippen molar-refractivity contribution in [2.24, 2.45) is 5.92 Å². The maximum atomic E-state index is 12.4. The van der Waals surface area contributed by atoms with Gasteiger partial charge in [0.05, 0.1) is 12.5 Å². The molecule has 0 radical (unpaired) electrons. The summed E-state index contributed by atoms with van der Waals surface area (Å²) >= 11 is 0. The maximum absolute atomic E-state index is 12.4. The molecule has 0 spiro atoms. The van der Waals surface area contributed by atoms with Crippen LogP contribution in [-0.4, -0.2) is 60.4 Å². The van der Waals surface area contributed by atoms with E-state index in [2.05, 4.69) is 5.32 Å². The van der Waals surface area contributed by atoms with Crippen LogP contribution in [0.5, 0.6) is 0 Å². The Balaban J connectivity index is 1.57. The molecule has 3 saturated heterocycles. The van der Waals surface area contributed by atoms with E-state index in [4.69, 9.17) is 0 Å². The summed E-state index contributed by atoms with van der Waals surface area (Å²) in [6, 6.07) is 0.271. The highest BCUT2D eigenvalue weighted by Crippen LogP contribution is 2.26. The molecule has 3 aliphatic heterocycles. The summed E-state index contributed by atoms with van der Waals surface area (Å²) < 4.78 is 0. The van der Waals surface area contributed by atoms with E-state index in [1.807, 2.05) is 4.90 Å². The molecule has 0 aromatic rings. The number of fused-ring (bicyclic) bond motifs is 1. The number of hydrogen-bond acceptors (Lipinski definition) is 3. The molecule has 0 saturated carbocycles. The van der Waals surface area contributed by atoms with Crippen molar-refractivity contribution >= 4 is 11.8 Å². The second-order valence-corrected chi connectivity index (χ2v) is 6.32. The molecule has 0 aliphatic carbocycles. The third-order valence-corrected chi connectivity index (χ3v) is 4.91. The van der Waals surface area contributed by atoms with Gasteiger partial charge in [-0.3, -0.25) is 9.59 Å². The van der Waals surface area contributed by atoms with Crippen LogP contribution in [0.1, 0.15) is 38.5 Å². The van der Waals surface area contributed by atoms with Crippen LogP contribution in [0.15, 0.2) is 0 Å². The second-order valence-electron chi connectivity index (χ2n) is 6.32. The Labute approximate surface area is 120 Å². The van der Waals surface area contributed by atoms with Gasteiger partial charge in [0.25, 0.3) is 0 Å². The number of likely N-dealkylation sites (tertiary alicyclic amines) is 2. The largest absolute Gasteiger partial charge is 0.341 e. The molecule has 3 heterocycles. The molecule has 2 unspecified atom stereocenters. The minimum Gasteiger partial charge on any atom is -0.341 e. The highest BCUT2D eigenvalue weighted by atomic mass is 16.2. The molecule has 5 nitrogen and oxygen atoms in total. The molecule has 5 heteroatoms. The van der Waals surface area contributed by atoms with Gasteiger partial charge in [-0.05, 0) is 32.2 Å². The lowest BCUT2D eigenvalue weighted by Crippen LogP contribution is -2.42. The second kappa shape index (κ2) is 6.12. The summed E-state index contributed by atoms with van der Waals surface area (Å²) in [5.41, 5.74) is 0. The summed E-state index contributed by atoms with van der Waals surface area (Å²) in [5.74, 6) is 0.435. The minimum absolute atomic E-state index is 0.112. The topological polar surface area (TPSA) is 52.7 Å². The van der Waals surface area contributed by atoms with Gasteiger partial charge in [-0.2, -0.15) is 0 Å². The fourth-order valence-corrected chi connectivity index (χ4v) is 3.73. The lowest BCUT2D eigenvalue weighted by atomic mass is 9.94. The zero-order valence-corrected chi connectivity index (χ0v) is 12.1. The lowest BCUT2D eigenvalue weighted by molar-refractivity contribution is -0.139. The Morgan fingerprint density at radius 3 is 2.60 bits per heavy atom. The number of nitrogens with zero attached hydrogens (tertiary/aromatic N) is 2. The van der Waals surface area contributed by atoms with Crippen molar-refractivity contribution in [2.45, 2.75) is 44.6 Å². The van der Waals surface area contributed by atoms with E-state index in [1.165, 1.54) is 12.8 Å². The predicted molar refractivity (Wildman–Crippen MR) is 76.1 cm³/mol. The quantitative estimate of drug-likeness (QED) is 0.805. The van der Waals surface area contributed by atoms with E-state index in [1.54, 1.807) is 4.90 Å². The predicted octanol–water partition coefficient (Wildman–Crippen LogP) is 0.599. The minimum atomic E-state index is 0.112. The van der Waals surface area contributed by atoms with Gasteiger partial charge in [0.15, 0.2) is 0 Å². The van der Waals surface area contributed by atoms with E-state index in [0.29, 0.717) is 6.54 Å². The first kappa shape index (κ1) is 13.9. The normalized spacial score (nSPS) is 31.1. The molecular weight excluding hydrogens is 254 g/mol. The van der Waals surface area contributed by atoms with Crippen LogP contribution in [-0.2, 0) is 9.59 Å². The Bertz CT molecular complexity index is 377. The van der Waals surface area contributed by atoms with E-state index in [0.717, 1.165) is 45.3 Å². The first-order valence-electron chi connectivity index (χ1n) is 8.05. The number of carbonyl (C=O) groups is 2. The summed E-state index contributed by atoms with van der Waals surface area (Å²) in [4.78, 5) is 28.4. The standard InChI is InChI=1S/C15H25N3O2/c19-14(17-8-3-1-2-4-9-17)11-18-10-13-12(15(18)20)6-5-7-16-13/h12-13,16H,1-11H2. The first-order valence-corrected chi connectivity index (χ1v) is 8.05. The fraction of sp³-hybridized carbons (Fsp3) is 0.867. The van der Waals surface area contributed by atoms with Gasteiger partial charge >= 0.3 is 0 Å².